The number of hydrogen-bond acceptors (Lipinski definition) is 5. The predicted molar refractivity (Wildman–Crippen MR) is 109 cm³/mol. The van der Waals surface area contributed by atoms with Gasteiger partial charge in [-0.1, -0.05) is 12.1 Å². The number of halogens is 1. The lowest BCUT2D eigenvalue weighted by Crippen LogP contribution is -2.19. The van der Waals surface area contributed by atoms with Crippen LogP contribution >= 0.6 is 34.4 Å². The third kappa shape index (κ3) is 4.16. The summed E-state index contributed by atoms with van der Waals surface area (Å²) in [7, 11) is 1.49. The number of phenolic OH excluding ortho intramolecular Hbond substituents is 1. The molecule has 0 saturated carbocycles. The van der Waals surface area contributed by atoms with Gasteiger partial charge in [-0.2, -0.15) is 0 Å². The number of aryl methyl sites for hydroxylation is 1. The minimum absolute atomic E-state index is 0.0930. The number of aromatic hydroxyl groups is 1. The van der Waals surface area contributed by atoms with E-state index in [1.54, 1.807) is 18.2 Å². The summed E-state index contributed by atoms with van der Waals surface area (Å²) in [4.78, 5) is 17.2. The van der Waals surface area contributed by atoms with Crippen molar-refractivity contribution in [3.63, 3.8) is 0 Å². The molecule has 0 aromatic heterocycles. The number of carbonyl (C=O) groups excluding carboxylic acids is 1. The van der Waals surface area contributed by atoms with E-state index in [0.29, 0.717) is 19.4 Å². The number of nitrogens with one attached hydrogen (secondary N) is 1. The van der Waals surface area contributed by atoms with Crippen molar-refractivity contribution in [2.24, 2.45) is 4.99 Å². The van der Waals surface area contributed by atoms with Gasteiger partial charge < -0.3 is 15.2 Å². The molecule has 1 amide bonds. The first kappa shape index (κ1) is 17.8. The van der Waals surface area contributed by atoms with Gasteiger partial charge in [0.2, 0.25) is 0 Å². The topological polar surface area (TPSA) is 70.9 Å². The summed E-state index contributed by atoms with van der Waals surface area (Å²) >= 11 is 3.31. The van der Waals surface area contributed by atoms with E-state index in [0.717, 1.165) is 16.8 Å². The lowest BCUT2D eigenvalue weighted by molar-refractivity contribution is -0.115. The molecule has 2 aromatic carbocycles. The predicted octanol–water partition coefficient (Wildman–Crippen LogP) is 4.21. The Morgan fingerprint density at radius 1 is 1.32 bits per heavy atom. The number of amides is 1. The van der Waals surface area contributed by atoms with Gasteiger partial charge in [-0.15, -0.1) is 0 Å². The maximum Gasteiger partial charge on any atom is 0.264 e. The van der Waals surface area contributed by atoms with Crippen LogP contribution in [0.3, 0.4) is 0 Å². The summed E-state index contributed by atoms with van der Waals surface area (Å²) in [5, 5.41) is 13.2. The summed E-state index contributed by atoms with van der Waals surface area (Å²) in [6, 6.07) is 11.2. The molecule has 5 nitrogen and oxygen atoms in total. The first-order chi connectivity index (χ1) is 12.0. The largest absolute Gasteiger partial charge is 0.504 e. The second-order valence-electron chi connectivity index (χ2n) is 5.37. The standard InChI is InChI=1S/C18H15IN2O3S/c1-10-4-3-5-12(6-10)20-18-21-17(23)15(25-18)9-11-7-13(19)16(22)14(8-11)24-2/h3-9,22H,1-2H3,(H,20,21,23)/b15-9-. The number of hydrogen-bond donors (Lipinski definition) is 2. The Kier molecular flexibility index (Phi) is 5.33. The first-order valence-corrected chi connectivity index (χ1v) is 9.28. The van der Waals surface area contributed by atoms with Crippen molar-refractivity contribution in [3.8, 4) is 11.5 Å². The van der Waals surface area contributed by atoms with E-state index in [4.69, 9.17) is 4.74 Å². The van der Waals surface area contributed by atoms with Crippen molar-refractivity contribution in [1.82, 2.24) is 5.32 Å². The Bertz CT molecular complexity index is 909. The van der Waals surface area contributed by atoms with Gasteiger partial charge in [-0.3, -0.25) is 4.79 Å². The molecule has 25 heavy (non-hydrogen) atoms. The molecule has 0 atom stereocenters. The molecule has 1 fully saturated rings. The van der Waals surface area contributed by atoms with Crippen LogP contribution in [0.25, 0.3) is 6.08 Å². The van der Waals surface area contributed by atoms with Gasteiger partial charge in [0.05, 0.1) is 21.3 Å². The monoisotopic (exact) mass is 466 g/mol. The van der Waals surface area contributed by atoms with E-state index >= 15 is 0 Å². The lowest BCUT2D eigenvalue weighted by atomic mass is 10.2. The summed E-state index contributed by atoms with van der Waals surface area (Å²) in [5.41, 5.74) is 2.68. The molecule has 1 heterocycles. The highest BCUT2D eigenvalue weighted by atomic mass is 127. The summed E-state index contributed by atoms with van der Waals surface area (Å²) in [6.07, 6.45) is 1.75. The van der Waals surface area contributed by atoms with E-state index < -0.39 is 0 Å². The van der Waals surface area contributed by atoms with E-state index in [9.17, 15) is 9.90 Å². The number of benzene rings is 2. The van der Waals surface area contributed by atoms with Crippen LogP contribution in [0.15, 0.2) is 46.3 Å². The molecule has 0 unspecified atom stereocenters. The highest BCUT2D eigenvalue weighted by Crippen LogP contribution is 2.35. The summed E-state index contributed by atoms with van der Waals surface area (Å²) < 4.78 is 5.81. The summed E-state index contributed by atoms with van der Waals surface area (Å²) in [6.45, 7) is 2.00. The number of nitrogens with zero attached hydrogens (tertiary/aromatic N) is 1. The molecular weight excluding hydrogens is 451 g/mol. The minimum Gasteiger partial charge on any atom is -0.504 e. The molecule has 0 aliphatic carbocycles. The Hall–Kier alpha value is -2.00. The number of ether oxygens (including phenoxy) is 1. The highest BCUT2D eigenvalue weighted by molar-refractivity contribution is 14.1. The zero-order valence-electron chi connectivity index (χ0n) is 13.5. The van der Waals surface area contributed by atoms with E-state index in [1.165, 1.54) is 18.9 Å². The van der Waals surface area contributed by atoms with Crippen LogP contribution in [0.5, 0.6) is 11.5 Å². The fourth-order valence-electron chi connectivity index (χ4n) is 2.28. The van der Waals surface area contributed by atoms with Crippen molar-refractivity contribution in [2.45, 2.75) is 6.92 Å². The number of carbonyl (C=O) groups is 1. The van der Waals surface area contributed by atoms with Gasteiger partial charge in [-0.25, -0.2) is 4.99 Å². The van der Waals surface area contributed by atoms with Crippen LogP contribution in [-0.2, 0) is 4.79 Å². The first-order valence-electron chi connectivity index (χ1n) is 7.39. The van der Waals surface area contributed by atoms with Crippen molar-refractivity contribution >= 4 is 57.2 Å². The molecule has 2 aromatic rings. The second kappa shape index (κ2) is 7.49. The van der Waals surface area contributed by atoms with Crippen molar-refractivity contribution in [2.75, 3.05) is 7.11 Å². The SMILES string of the molecule is COc1cc(/C=C2\SC(=Nc3cccc(C)c3)NC2=O)cc(I)c1O. The normalized spacial score (nSPS) is 17.2. The molecular formula is C18H15IN2O3S. The zero-order valence-corrected chi connectivity index (χ0v) is 16.5. The van der Waals surface area contributed by atoms with Crippen LogP contribution in [0.1, 0.15) is 11.1 Å². The minimum atomic E-state index is -0.196. The van der Waals surface area contributed by atoms with Crippen molar-refractivity contribution in [1.29, 1.82) is 0 Å². The molecule has 0 radical (unpaired) electrons. The zero-order chi connectivity index (χ0) is 18.0. The van der Waals surface area contributed by atoms with E-state index in [-0.39, 0.29) is 11.7 Å². The molecule has 1 saturated heterocycles. The van der Waals surface area contributed by atoms with Crippen LogP contribution in [0, 0.1) is 10.5 Å². The van der Waals surface area contributed by atoms with Gasteiger partial charge >= 0.3 is 0 Å². The van der Waals surface area contributed by atoms with Gasteiger partial charge in [0, 0.05) is 0 Å². The van der Waals surface area contributed by atoms with Crippen LogP contribution in [-0.4, -0.2) is 23.3 Å². The lowest BCUT2D eigenvalue weighted by Gasteiger charge is -2.06. The third-order valence-electron chi connectivity index (χ3n) is 3.45. The fourth-order valence-corrected chi connectivity index (χ4v) is 3.75. The maximum absolute atomic E-state index is 12.2. The van der Waals surface area contributed by atoms with Crippen molar-refractivity contribution < 1.29 is 14.6 Å². The molecule has 2 N–H and O–H groups in total. The Labute approximate surface area is 163 Å². The smallest absolute Gasteiger partial charge is 0.264 e. The average Bonchev–Trinajstić information content (AvgIpc) is 2.90. The van der Waals surface area contributed by atoms with Crippen LogP contribution in [0.4, 0.5) is 5.69 Å². The highest BCUT2D eigenvalue weighted by Gasteiger charge is 2.24. The van der Waals surface area contributed by atoms with E-state index in [2.05, 4.69) is 10.3 Å². The maximum atomic E-state index is 12.2. The molecule has 3 rings (SSSR count). The van der Waals surface area contributed by atoms with E-state index in [1.807, 2.05) is 53.8 Å². The number of rotatable bonds is 3. The molecule has 0 bridgehead atoms. The van der Waals surface area contributed by atoms with Gasteiger partial charge in [0.1, 0.15) is 0 Å². The molecule has 7 heteroatoms. The Morgan fingerprint density at radius 2 is 2.12 bits per heavy atom. The average molecular weight is 466 g/mol. The molecule has 1 aliphatic rings. The molecule has 128 valence electrons. The fraction of sp³-hybridized carbons (Fsp3) is 0.111. The third-order valence-corrected chi connectivity index (χ3v) is 5.18. The number of thioether (sulfide) groups is 1. The van der Waals surface area contributed by atoms with Crippen molar-refractivity contribution in [3.05, 3.63) is 56.0 Å². The Balaban J connectivity index is 1.88. The number of amidine groups is 1. The number of phenols is 1. The quantitative estimate of drug-likeness (QED) is 0.526. The Morgan fingerprint density at radius 3 is 2.84 bits per heavy atom. The van der Waals surface area contributed by atoms with Gasteiger partial charge in [0.25, 0.3) is 5.91 Å². The van der Waals surface area contributed by atoms with Gasteiger partial charge in [-0.05, 0) is 82.7 Å². The van der Waals surface area contributed by atoms with Gasteiger partial charge in [0.15, 0.2) is 16.7 Å². The molecule has 0 spiro atoms. The molecule has 1 aliphatic heterocycles. The second-order valence-corrected chi connectivity index (χ2v) is 7.57. The number of methoxy groups -OCH3 is 1. The van der Waals surface area contributed by atoms with Crippen LogP contribution < -0.4 is 10.1 Å². The van der Waals surface area contributed by atoms with Crippen LogP contribution in [0.2, 0.25) is 0 Å². The number of aliphatic imine (C=N–C) groups is 1. The summed E-state index contributed by atoms with van der Waals surface area (Å²) in [5.74, 6) is 0.268.